The topological polar surface area (TPSA) is 23.8 Å². The second-order valence-electron chi connectivity index (χ2n) is 0.752. The molecule has 1 nitrogen and oxygen atoms in total. The zero-order chi connectivity index (χ0) is 4.99. The quantitative estimate of drug-likeness (QED) is 0.390. The van der Waals surface area contributed by atoms with Gasteiger partial charge in [-0.15, -0.1) is 11.6 Å². The molecule has 0 amide bonds. The van der Waals surface area contributed by atoms with Gasteiger partial charge in [0.1, 0.15) is 5.40 Å². The largest absolute Gasteiger partial charge is 0.185 e. The van der Waals surface area contributed by atoms with Gasteiger partial charge in [0.05, 0.1) is 4.71 Å². The van der Waals surface area contributed by atoms with Crippen LogP contribution in [0.3, 0.4) is 0 Å². The third-order valence-corrected chi connectivity index (χ3v) is 0.913. The minimum absolute atomic E-state index is 0.0741. The van der Waals surface area contributed by atoms with Crippen LogP contribution in [0.15, 0.2) is 0 Å². The van der Waals surface area contributed by atoms with Gasteiger partial charge in [-0.1, -0.05) is 0 Å². The van der Waals surface area contributed by atoms with Gasteiger partial charge in [0, 0.05) is 0 Å². The second kappa shape index (κ2) is 3.32. The average Bonchev–Trinajstić information content (AvgIpc) is 1.35. The summed E-state index contributed by atoms with van der Waals surface area (Å²) in [6.45, 7) is 1.76. The molecule has 0 radical (unpaired) electrons. The first-order chi connectivity index (χ1) is 2.77. The summed E-state index contributed by atoms with van der Waals surface area (Å²) in [7, 11) is 0. The molecule has 0 heterocycles. The maximum absolute atomic E-state index is 7.87. The minimum atomic E-state index is -0.0741. The van der Waals surface area contributed by atoms with E-state index in [9.17, 15) is 0 Å². The van der Waals surface area contributed by atoms with Gasteiger partial charge in [-0.25, -0.2) is 0 Å². The summed E-state index contributed by atoms with van der Waals surface area (Å²) in [5, 5.41) is 9.72. The number of halogens is 1. The predicted octanol–water partition coefficient (Wildman–Crippen LogP) is 1.79. The van der Waals surface area contributed by atoms with Crippen LogP contribution in [0.4, 0.5) is 0 Å². The molecule has 1 atom stereocenters. The summed E-state index contributed by atoms with van der Waals surface area (Å²) in [6.07, 6.45) is 0. The molecule has 0 saturated carbocycles. The van der Waals surface area contributed by atoms with E-state index in [-0.39, 0.29) is 4.71 Å². The van der Waals surface area contributed by atoms with Crippen LogP contribution >= 0.6 is 23.4 Å². The standard InChI is InChI=1S/C3H4ClNS/c1-3(4)6-2-5/h3H,1H3. The molecule has 0 N–H and O–H groups in total. The molecular formula is C3H4ClNS. The fraction of sp³-hybridized carbons (Fsp3) is 0.667. The highest BCUT2D eigenvalue weighted by Gasteiger charge is 1.89. The van der Waals surface area contributed by atoms with Crippen LogP contribution in [0.2, 0.25) is 0 Å². The molecule has 0 aromatic rings. The molecule has 0 saturated heterocycles. The molecule has 6 heavy (non-hydrogen) atoms. The Morgan fingerprint density at radius 1 is 2.00 bits per heavy atom. The van der Waals surface area contributed by atoms with Crippen molar-refractivity contribution in [2.24, 2.45) is 0 Å². The van der Waals surface area contributed by atoms with Gasteiger partial charge in [0.2, 0.25) is 0 Å². The molecule has 0 aromatic carbocycles. The van der Waals surface area contributed by atoms with Crippen LogP contribution in [0, 0.1) is 10.7 Å². The highest BCUT2D eigenvalue weighted by molar-refractivity contribution is 8.05. The van der Waals surface area contributed by atoms with Gasteiger partial charge in [-0.3, -0.25) is 0 Å². The van der Waals surface area contributed by atoms with Crippen molar-refractivity contribution in [3.63, 3.8) is 0 Å². The monoisotopic (exact) mass is 121 g/mol. The Bertz CT molecular complexity index is 65.7. The molecule has 0 bridgehead atoms. The van der Waals surface area contributed by atoms with E-state index in [2.05, 4.69) is 0 Å². The lowest BCUT2D eigenvalue weighted by Gasteiger charge is -1.84. The van der Waals surface area contributed by atoms with Crippen molar-refractivity contribution in [2.75, 3.05) is 0 Å². The minimum Gasteiger partial charge on any atom is -0.185 e. The number of thioether (sulfide) groups is 1. The number of nitriles is 1. The van der Waals surface area contributed by atoms with Gasteiger partial charge in [0.25, 0.3) is 0 Å². The Labute approximate surface area is 46.3 Å². The van der Waals surface area contributed by atoms with Crippen molar-refractivity contribution in [1.82, 2.24) is 0 Å². The van der Waals surface area contributed by atoms with Crippen LogP contribution in [0.25, 0.3) is 0 Å². The highest BCUT2D eigenvalue weighted by atomic mass is 35.5. The summed E-state index contributed by atoms with van der Waals surface area (Å²) in [6, 6.07) is 0. The molecule has 0 fully saturated rings. The van der Waals surface area contributed by atoms with E-state index in [1.165, 1.54) is 0 Å². The van der Waals surface area contributed by atoms with Gasteiger partial charge in [-0.2, -0.15) is 5.26 Å². The number of alkyl halides is 1. The van der Waals surface area contributed by atoms with Crippen LogP contribution < -0.4 is 0 Å². The van der Waals surface area contributed by atoms with E-state index < -0.39 is 0 Å². The fourth-order valence-electron chi connectivity index (χ4n) is 0.0726. The van der Waals surface area contributed by atoms with Gasteiger partial charge in [-0.05, 0) is 18.7 Å². The zero-order valence-corrected chi connectivity index (χ0v) is 4.88. The summed E-state index contributed by atoms with van der Waals surface area (Å²) in [5.74, 6) is 0. The summed E-state index contributed by atoms with van der Waals surface area (Å²) >= 11 is 6.38. The molecule has 34 valence electrons. The van der Waals surface area contributed by atoms with E-state index in [1.54, 1.807) is 6.92 Å². The van der Waals surface area contributed by atoms with Gasteiger partial charge >= 0.3 is 0 Å². The molecule has 0 rings (SSSR count). The van der Waals surface area contributed by atoms with Crippen molar-refractivity contribution in [1.29, 1.82) is 5.26 Å². The zero-order valence-electron chi connectivity index (χ0n) is 3.31. The highest BCUT2D eigenvalue weighted by Crippen LogP contribution is 2.10. The number of rotatable bonds is 1. The molecule has 0 aliphatic rings. The normalized spacial score (nSPS) is 12.8. The third-order valence-electron chi connectivity index (χ3n) is 0.215. The van der Waals surface area contributed by atoms with E-state index in [1.807, 2.05) is 5.40 Å². The lowest BCUT2D eigenvalue weighted by Crippen LogP contribution is -1.73. The van der Waals surface area contributed by atoms with Crippen LogP contribution in [-0.4, -0.2) is 4.71 Å². The maximum atomic E-state index is 7.87. The molecule has 3 heteroatoms. The van der Waals surface area contributed by atoms with E-state index in [0.717, 1.165) is 11.8 Å². The smallest absolute Gasteiger partial charge is 0.134 e. The molecule has 1 unspecified atom stereocenters. The lowest BCUT2D eigenvalue weighted by atomic mass is 11.0. The van der Waals surface area contributed by atoms with Crippen LogP contribution in [0.5, 0.6) is 0 Å². The Hall–Kier alpha value is 0.130. The Morgan fingerprint density at radius 3 is 2.50 bits per heavy atom. The Morgan fingerprint density at radius 2 is 2.50 bits per heavy atom. The molecule has 0 aliphatic carbocycles. The van der Waals surface area contributed by atoms with Crippen LogP contribution in [-0.2, 0) is 0 Å². The van der Waals surface area contributed by atoms with Gasteiger partial charge < -0.3 is 0 Å². The Kier molecular flexibility index (Phi) is 3.40. The summed E-state index contributed by atoms with van der Waals surface area (Å²) < 4.78 is -0.0741. The van der Waals surface area contributed by atoms with Crippen molar-refractivity contribution in [3.8, 4) is 5.40 Å². The number of hydrogen-bond donors (Lipinski definition) is 0. The lowest BCUT2D eigenvalue weighted by molar-refractivity contribution is 1.41. The predicted molar refractivity (Wildman–Crippen MR) is 28.5 cm³/mol. The number of hydrogen-bond acceptors (Lipinski definition) is 2. The molecule has 0 spiro atoms. The van der Waals surface area contributed by atoms with Crippen molar-refractivity contribution < 1.29 is 0 Å². The first kappa shape index (κ1) is 6.13. The Balaban J connectivity index is 2.88. The average molecular weight is 122 g/mol. The van der Waals surface area contributed by atoms with E-state index in [4.69, 9.17) is 16.9 Å². The van der Waals surface area contributed by atoms with Gasteiger partial charge in [0.15, 0.2) is 0 Å². The summed E-state index contributed by atoms with van der Waals surface area (Å²) in [5.41, 5.74) is 0. The van der Waals surface area contributed by atoms with Crippen LogP contribution in [0.1, 0.15) is 6.92 Å². The van der Waals surface area contributed by atoms with E-state index >= 15 is 0 Å². The fourth-order valence-corrected chi connectivity index (χ4v) is 0.337. The van der Waals surface area contributed by atoms with Crippen molar-refractivity contribution in [3.05, 3.63) is 0 Å². The molecule has 0 aromatic heterocycles. The summed E-state index contributed by atoms with van der Waals surface area (Å²) in [4.78, 5) is 0. The van der Waals surface area contributed by atoms with E-state index in [0.29, 0.717) is 0 Å². The molecular weight excluding hydrogens is 118 g/mol. The number of nitrogens with zero attached hydrogens (tertiary/aromatic N) is 1. The first-order valence-electron chi connectivity index (χ1n) is 1.46. The third kappa shape index (κ3) is 4.13. The van der Waals surface area contributed by atoms with Crippen molar-refractivity contribution in [2.45, 2.75) is 11.6 Å². The maximum Gasteiger partial charge on any atom is 0.134 e. The SMILES string of the molecule is CC(Cl)SC#N. The number of thiocyanates is 1. The second-order valence-corrected chi connectivity index (χ2v) is 2.79. The first-order valence-corrected chi connectivity index (χ1v) is 2.78. The van der Waals surface area contributed by atoms with Crippen molar-refractivity contribution >= 4 is 23.4 Å². The molecule has 0 aliphatic heterocycles.